The standard InChI is InChI=1S/C11H12N2O2S/c1-13-6-5-10-4-3-9(8-12)7-11(10)16(2,14)15/h3-7,13H,1-2H3/b6-5+. The van der Waals surface area contributed by atoms with Gasteiger partial charge >= 0.3 is 0 Å². The lowest BCUT2D eigenvalue weighted by Crippen LogP contribution is -2.01. The van der Waals surface area contributed by atoms with E-state index in [1.54, 1.807) is 31.5 Å². The fraction of sp³-hybridized carbons (Fsp3) is 0.182. The smallest absolute Gasteiger partial charge is 0.176 e. The molecule has 0 unspecified atom stereocenters. The predicted octanol–water partition coefficient (Wildman–Crippen LogP) is 1.15. The quantitative estimate of drug-likeness (QED) is 0.854. The van der Waals surface area contributed by atoms with E-state index in [0.29, 0.717) is 11.1 Å². The highest BCUT2D eigenvalue weighted by Crippen LogP contribution is 2.18. The zero-order valence-corrected chi connectivity index (χ0v) is 9.88. The largest absolute Gasteiger partial charge is 0.394 e. The van der Waals surface area contributed by atoms with Gasteiger partial charge in [-0.05, 0) is 30.0 Å². The molecule has 5 heteroatoms. The molecule has 0 bridgehead atoms. The number of rotatable bonds is 3. The van der Waals surface area contributed by atoms with Gasteiger partial charge in [0.15, 0.2) is 9.84 Å². The van der Waals surface area contributed by atoms with Crippen molar-refractivity contribution in [3.8, 4) is 6.07 Å². The van der Waals surface area contributed by atoms with Gasteiger partial charge in [-0.1, -0.05) is 6.07 Å². The summed E-state index contributed by atoms with van der Waals surface area (Å²) in [4.78, 5) is 0.165. The maximum Gasteiger partial charge on any atom is 0.176 e. The Kier molecular flexibility index (Phi) is 3.69. The Hall–Kier alpha value is -1.80. The zero-order valence-electron chi connectivity index (χ0n) is 9.06. The third-order valence-corrected chi connectivity index (χ3v) is 3.12. The van der Waals surface area contributed by atoms with Gasteiger partial charge in [0.25, 0.3) is 0 Å². The molecule has 1 aromatic carbocycles. The summed E-state index contributed by atoms with van der Waals surface area (Å²) in [7, 11) is -1.60. The average Bonchev–Trinajstić information content (AvgIpc) is 2.25. The summed E-state index contributed by atoms with van der Waals surface area (Å²) in [6, 6.07) is 6.50. The minimum atomic E-state index is -3.33. The van der Waals surface area contributed by atoms with Gasteiger partial charge in [0.1, 0.15) is 0 Å². The summed E-state index contributed by atoms with van der Waals surface area (Å²) in [6.45, 7) is 0. The molecule has 0 fully saturated rings. The first-order chi connectivity index (χ1) is 7.49. The maximum absolute atomic E-state index is 11.5. The van der Waals surface area contributed by atoms with Crippen LogP contribution in [-0.4, -0.2) is 21.7 Å². The molecule has 0 atom stereocenters. The number of hydrogen-bond donors (Lipinski definition) is 1. The van der Waals surface area contributed by atoms with E-state index in [9.17, 15) is 8.42 Å². The molecule has 0 radical (unpaired) electrons. The van der Waals surface area contributed by atoms with Gasteiger partial charge in [0.05, 0.1) is 16.5 Å². The molecular formula is C11H12N2O2S. The van der Waals surface area contributed by atoms with Crippen LogP contribution in [0.15, 0.2) is 29.3 Å². The normalized spacial score (nSPS) is 11.3. The van der Waals surface area contributed by atoms with Crippen molar-refractivity contribution in [2.75, 3.05) is 13.3 Å². The second-order valence-electron chi connectivity index (χ2n) is 3.26. The Morgan fingerprint density at radius 2 is 2.12 bits per heavy atom. The van der Waals surface area contributed by atoms with Crippen LogP contribution in [0.3, 0.4) is 0 Å². The van der Waals surface area contributed by atoms with Crippen LogP contribution < -0.4 is 5.32 Å². The number of nitrogens with one attached hydrogen (secondary N) is 1. The molecule has 0 spiro atoms. The van der Waals surface area contributed by atoms with E-state index < -0.39 is 9.84 Å². The summed E-state index contributed by atoms with van der Waals surface area (Å²) in [6.07, 6.45) is 4.41. The topological polar surface area (TPSA) is 70.0 Å². The fourth-order valence-corrected chi connectivity index (χ4v) is 2.14. The Labute approximate surface area is 95.1 Å². The Morgan fingerprint density at radius 3 is 2.62 bits per heavy atom. The third-order valence-electron chi connectivity index (χ3n) is 1.97. The highest BCUT2D eigenvalue weighted by atomic mass is 32.2. The van der Waals surface area contributed by atoms with Crippen molar-refractivity contribution in [3.05, 3.63) is 35.5 Å². The zero-order chi connectivity index (χ0) is 12.2. The molecule has 0 saturated carbocycles. The van der Waals surface area contributed by atoms with Crippen LogP contribution in [0.1, 0.15) is 11.1 Å². The van der Waals surface area contributed by atoms with Crippen LogP contribution >= 0.6 is 0 Å². The van der Waals surface area contributed by atoms with E-state index in [-0.39, 0.29) is 4.90 Å². The van der Waals surface area contributed by atoms with Crippen LogP contribution in [-0.2, 0) is 9.84 Å². The monoisotopic (exact) mass is 236 g/mol. The van der Waals surface area contributed by atoms with Crippen molar-refractivity contribution in [1.82, 2.24) is 5.32 Å². The number of sulfone groups is 1. The van der Waals surface area contributed by atoms with Crippen molar-refractivity contribution in [1.29, 1.82) is 5.26 Å². The molecule has 0 saturated heterocycles. The molecule has 16 heavy (non-hydrogen) atoms. The third kappa shape index (κ3) is 2.84. The molecule has 1 aromatic rings. The molecule has 0 heterocycles. The second-order valence-corrected chi connectivity index (χ2v) is 5.24. The van der Waals surface area contributed by atoms with Crippen LogP contribution in [0.25, 0.3) is 6.08 Å². The van der Waals surface area contributed by atoms with E-state index in [1.165, 1.54) is 6.07 Å². The summed E-state index contributed by atoms with van der Waals surface area (Å²) in [5.41, 5.74) is 0.901. The van der Waals surface area contributed by atoms with E-state index in [2.05, 4.69) is 5.32 Å². The highest BCUT2D eigenvalue weighted by molar-refractivity contribution is 7.90. The number of benzene rings is 1. The maximum atomic E-state index is 11.5. The lowest BCUT2D eigenvalue weighted by Gasteiger charge is -2.04. The average molecular weight is 236 g/mol. The lowest BCUT2D eigenvalue weighted by atomic mass is 10.1. The summed E-state index contributed by atoms with van der Waals surface area (Å²) in [5, 5.41) is 11.5. The van der Waals surface area contributed by atoms with Crippen molar-refractivity contribution < 1.29 is 8.42 Å². The SMILES string of the molecule is CN/C=C/c1ccc(C#N)cc1S(C)(=O)=O. The number of nitrogens with zero attached hydrogens (tertiary/aromatic N) is 1. The molecule has 0 aliphatic rings. The minimum absolute atomic E-state index is 0.165. The molecule has 0 amide bonds. The molecular weight excluding hydrogens is 224 g/mol. The van der Waals surface area contributed by atoms with Gasteiger partial charge in [0.2, 0.25) is 0 Å². The van der Waals surface area contributed by atoms with Gasteiger partial charge in [-0.25, -0.2) is 8.42 Å². The number of nitriles is 1. The van der Waals surface area contributed by atoms with Crippen LogP contribution in [0, 0.1) is 11.3 Å². The van der Waals surface area contributed by atoms with Gasteiger partial charge in [-0.15, -0.1) is 0 Å². The van der Waals surface area contributed by atoms with Crippen molar-refractivity contribution >= 4 is 15.9 Å². The first-order valence-electron chi connectivity index (χ1n) is 4.57. The van der Waals surface area contributed by atoms with Crippen LogP contribution in [0.2, 0.25) is 0 Å². The van der Waals surface area contributed by atoms with Gasteiger partial charge in [-0.3, -0.25) is 0 Å². The summed E-state index contributed by atoms with van der Waals surface area (Å²) >= 11 is 0. The first-order valence-corrected chi connectivity index (χ1v) is 6.46. The van der Waals surface area contributed by atoms with Crippen molar-refractivity contribution in [2.24, 2.45) is 0 Å². The van der Waals surface area contributed by atoms with Crippen molar-refractivity contribution in [3.63, 3.8) is 0 Å². The summed E-state index contributed by atoms with van der Waals surface area (Å²) < 4.78 is 23.0. The second kappa shape index (κ2) is 4.81. The minimum Gasteiger partial charge on any atom is -0.394 e. The number of hydrogen-bond acceptors (Lipinski definition) is 4. The molecule has 84 valence electrons. The lowest BCUT2D eigenvalue weighted by molar-refractivity contribution is 0.601. The molecule has 1 N–H and O–H groups in total. The Balaban J connectivity index is 3.41. The highest BCUT2D eigenvalue weighted by Gasteiger charge is 2.12. The molecule has 0 aliphatic heterocycles. The fourth-order valence-electron chi connectivity index (χ4n) is 1.24. The Morgan fingerprint density at radius 1 is 1.44 bits per heavy atom. The predicted molar refractivity (Wildman–Crippen MR) is 62.4 cm³/mol. The van der Waals surface area contributed by atoms with Crippen molar-refractivity contribution in [2.45, 2.75) is 4.90 Å². The van der Waals surface area contributed by atoms with E-state index in [4.69, 9.17) is 5.26 Å². The first kappa shape index (κ1) is 12.3. The molecule has 1 rings (SSSR count). The van der Waals surface area contributed by atoms with Gasteiger partial charge < -0.3 is 5.32 Å². The Bertz CT molecular complexity index is 554. The van der Waals surface area contributed by atoms with Gasteiger partial charge in [0, 0.05) is 13.3 Å². The summed E-state index contributed by atoms with van der Waals surface area (Å²) in [5.74, 6) is 0. The molecule has 0 aliphatic carbocycles. The van der Waals surface area contributed by atoms with E-state index in [0.717, 1.165) is 6.26 Å². The molecule has 0 aromatic heterocycles. The van der Waals surface area contributed by atoms with Crippen LogP contribution in [0.5, 0.6) is 0 Å². The van der Waals surface area contributed by atoms with Gasteiger partial charge in [-0.2, -0.15) is 5.26 Å². The van der Waals surface area contributed by atoms with Crippen LogP contribution in [0.4, 0.5) is 0 Å². The van der Waals surface area contributed by atoms with E-state index in [1.807, 2.05) is 6.07 Å². The molecule has 4 nitrogen and oxygen atoms in total. The van der Waals surface area contributed by atoms with E-state index >= 15 is 0 Å².